The van der Waals surface area contributed by atoms with Crippen LogP contribution < -0.4 is 4.74 Å². The van der Waals surface area contributed by atoms with Crippen molar-refractivity contribution in [2.45, 2.75) is 46.1 Å². The van der Waals surface area contributed by atoms with E-state index in [4.69, 9.17) is 9.26 Å². The van der Waals surface area contributed by atoms with Gasteiger partial charge in [0.25, 0.3) is 0 Å². The molecule has 7 nitrogen and oxygen atoms in total. The summed E-state index contributed by atoms with van der Waals surface area (Å²) in [6, 6.07) is 3.68. The number of piperidine rings is 1. The van der Waals surface area contributed by atoms with Crippen LogP contribution in [0.5, 0.6) is 5.88 Å². The molecule has 2 aromatic heterocycles. The second-order valence-corrected chi connectivity index (χ2v) is 6.21. The Morgan fingerprint density at radius 2 is 2.17 bits per heavy atom. The summed E-state index contributed by atoms with van der Waals surface area (Å²) in [5.74, 6) is 1.29. The van der Waals surface area contributed by atoms with Gasteiger partial charge in [-0.2, -0.15) is 5.10 Å². The Hall–Kier alpha value is -2.44. The van der Waals surface area contributed by atoms with Crippen LogP contribution >= 0.6 is 0 Å². The average Bonchev–Trinajstić information content (AvgIpc) is 2.89. The highest BCUT2D eigenvalue weighted by Crippen LogP contribution is 2.19. The van der Waals surface area contributed by atoms with Gasteiger partial charge in [0, 0.05) is 18.2 Å². The molecule has 0 aliphatic carbocycles. The van der Waals surface area contributed by atoms with Gasteiger partial charge >= 0.3 is 0 Å². The van der Waals surface area contributed by atoms with Crippen LogP contribution in [-0.4, -0.2) is 45.4 Å². The van der Waals surface area contributed by atoms with Crippen LogP contribution in [0.25, 0.3) is 0 Å². The van der Waals surface area contributed by atoms with Crippen LogP contribution in [0.4, 0.5) is 0 Å². The minimum atomic E-state index is -0.0515. The van der Waals surface area contributed by atoms with Gasteiger partial charge in [0.15, 0.2) is 0 Å². The monoisotopic (exact) mass is 330 g/mol. The Bertz CT molecular complexity index is 692. The quantitative estimate of drug-likeness (QED) is 0.853. The van der Waals surface area contributed by atoms with Crippen molar-refractivity contribution >= 4 is 5.91 Å². The van der Waals surface area contributed by atoms with E-state index in [-0.39, 0.29) is 12.0 Å². The van der Waals surface area contributed by atoms with Gasteiger partial charge in [-0.25, -0.2) is 0 Å². The van der Waals surface area contributed by atoms with Gasteiger partial charge in [-0.05, 0) is 39.7 Å². The highest BCUT2D eigenvalue weighted by molar-refractivity contribution is 5.79. The molecule has 2 aromatic rings. The standard InChI is InChI=1S/C17H22N4O3/c1-11-6-7-16(19-18-11)23-14-5-4-8-21(10-14)17(22)9-15-12(2)20-24-13(15)3/h6-7,14H,4-5,8-10H2,1-3H3. The molecule has 1 saturated heterocycles. The van der Waals surface area contributed by atoms with Crippen molar-refractivity contribution < 1.29 is 14.1 Å². The number of nitrogens with zero attached hydrogens (tertiary/aromatic N) is 4. The van der Waals surface area contributed by atoms with E-state index in [0.717, 1.165) is 36.3 Å². The summed E-state index contributed by atoms with van der Waals surface area (Å²) >= 11 is 0. The molecule has 3 heterocycles. The largest absolute Gasteiger partial charge is 0.471 e. The first-order chi connectivity index (χ1) is 11.5. The number of rotatable bonds is 4. The molecular weight excluding hydrogens is 308 g/mol. The SMILES string of the molecule is Cc1ccc(OC2CCCN(C(=O)Cc3c(C)noc3C)C2)nn1. The fraction of sp³-hybridized carbons (Fsp3) is 0.529. The predicted molar refractivity (Wildman–Crippen MR) is 86.7 cm³/mol. The van der Waals surface area contributed by atoms with Gasteiger partial charge in [-0.1, -0.05) is 5.16 Å². The zero-order valence-corrected chi connectivity index (χ0v) is 14.3. The number of carbonyl (C=O) groups excluding carboxylic acids is 1. The van der Waals surface area contributed by atoms with E-state index < -0.39 is 0 Å². The Morgan fingerprint density at radius 1 is 1.33 bits per heavy atom. The van der Waals surface area contributed by atoms with E-state index >= 15 is 0 Å². The minimum absolute atomic E-state index is 0.0515. The lowest BCUT2D eigenvalue weighted by atomic mass is 10.1. The lowest BCUT2D eigenvalue weighted by Crippen LogP contribution is -2.45. The fourth-order valence-corrected chi connectivity index (χ4v) is 2.90. The number of aromatic nitrogens is 3. The van der Waals surface area contributed by atoms with Gasteiger partial charge < -0.3 is 14.2 Å². The van der Waals surface area contributed by atoms with Crippen molar-refractivity contribution in [1.82, 2.24) is 20.3 Å². The molecule has 7 heteroatoms. The number of hydrogen-bond acceptors (Lipinski definition) is 6. The van der Waals surface area contributed by atoms with Crippen LogP contribution in [0.1, 0.15) is 35.6 Å². The molecule has 128 valence electrons. The van der Waals surface area contributed by atoms with E-state index in [2.05, 4.69) is 15.4 Å². The van der Waals surface area contributed by atoms with E-state index in [1.165, 1.54) is 0 Å². The molecule has 0 aromatic carbocycles. The number of ether oxygens (including phenoxy) is 1. The van der Waals surface area contributed by atoms with Crippen molar-refractivity contribution in [2.24, 2.45) is 0 Å². The van der Waals surface area contributed by atoms with E-state index in [0.29, 0.717) is 24.6 Å². The first-order valence-electron chi connectivity index (χ1n) is 8.19. The van der Waals surface area contributed by atoms with E-state index in [1.807, 2.05) is 37.8 Å². The molecule has 24 heavy (non-hydrogen) atoms. The second kappa shape index (κ2) is 6.98. The predicted octanol–water partition coefficient (Wildman–Crippen LogP) is 2.00. The molecule has 0 N–H and O–H groups in total. The maximum atomic E-state index is 12.6. The number of carbonyl (C=O) groups is 1. The lowest BCUT2D eigenvalue weighted by molar-refractivity contribution is -0.133. The summed E-state index contributed by atoms with van der Waals surface area (Å²) in [5, 5.41) is 11.9. The minimum Gasteiger partial charge on any atom is -0.471 e. The molecule has 1 amide bonds. The van der Waals surface area contributed by atoms with E-state index in [9.17, 15) is 4.79 Å². The Balaban J connectivity index is 1.60. The van der Waals surface area contributed by atoms with Crippen LogP contribution in [-0.2, 0) is 11.2 Å². The van der Waals surface area contributed by atoms with Crippen molar-refractivity contribution in [3.63, 3.8) is 0 Å². The third-order valence-electron chi connectivity index (χ3n) is 4.30. The van der Waals surface area contributed by atoms with Gasteiger partial charge in [-0.15, -0.1) is 5.10 Å². The summed E-state index contributed by atoms with van der Waals surface area (Å²) in [4.78, 5) is 14.4. The van der Waals surface area contributed by atoms with Gasteiger partial charge in [0.05, 0.1) is 24.4 Å². The smallest absolute Gasteiger partial charge is 0.233 e. The molecule has 1 aliphatic heterocycles. The van der Waals surface area contributed by atoms with Crippen molar-refractivity contribution in [3.05, 3.63) is 34.8 Å². The zero-order valence-electron chi connectivity index (χ0n) is 14.3. The highest BCUT2D eigenvalue weighted by atomic mass is 16.5. The lowest BCUT2D eigenvalue weighted by Gasteiger charge is -2.32. The van der Waals surface area contributed by atoms with Crippen LogP contribution in [0.15, 0.2) is 16.7 Å². The molecule has 1 atom stereocenters. The summed E-state index contributed by atoms with van der Waals surface area (Å²) in [6.07, 6.45) is 2.09. The Labute approximate surface area is 141 Å². The molecule has 1 unspecified atom stereocenters. The number of likely N-dealkylation sites (tertiary alicyclic amines) is 1. The summed E-state index contributed by atoms with van der Waals surface area (Å²) in [6.45, 7) is 6.89. The van der Waals surface area contributed by atoms with Gasteiger partial charge in [-0.3, -0.25) is 4.79 Å². The maximum absolute atomic E-state index is 12.6. The Morgan fingerprint density at radius 3 is 2.83 bits per heavy atom. The van der Waals surface area contributed by atoms with Crippen molar-refractivity contribution in [2.75, 3.05) is 13.1 Å². The topological polar surface area (TPSA) is 81.4 Å². The number of aryl methyl sites for hydroxylation is 3. The molecular formula is C17H22N4O3. The molecule has 1 aliphatic rings. The maximum Gasteiger partial charge on any atom is 0.233 e. The first-order valence-corrected chi connectivity index (χ1v) is 8.19. The zero-order chi connectivity index (χ0) is 17.1. The van der Waals surface area contributed by atoms with Crippen LogP contribution in [0.2, 0.25) is 0 Å². The van der Waals surface area contributed by atoms with Crippen molar-refractivity contribution in [1.29, 1.82) is 0 Å². The fourth-order valence-electron chi connectivity index (χ4n) is 2.90. The molecule has 3 rings (SSSR count). The third-order valence-corrected chi connectivity index (χ3v) is 4.30. The summed E-state index contributed by atoms with van der Waals surface area (Å²) in [7, 11) is 0. The van der Waals surface area contributed by atoms with Gasteiger partial charge in [0.1, 0.15) is 11.9 Å². The normalized spacial score (nSPS) is 17.8. The Kier molecular flexibility index (Phi) is 4.78. The van der Waals surface area contributed by atoms with Crippen molar-refractivity contribution in [3.8, 4) is 5.88 Å². The number of amides is 1. The molecule has 0 saturated carbocycles. The average molecular weight is 330 g/mol. The molecule has 0 spiro atoms. The summed E-state index contributed by atoms with van der Waals surface area (Å²) in [5.41, 5.74) is 2.51. The molecule has 1 fully saturated rings. The highest BCUT2D eigenvalue weighted by Gasteiger charge is 2.26. The number of hydrogen-bond donors (Lipinski definition) is 0. The second-order valence-electron chi connectivity index (χ2n) is 6.21. The van der Waals surface area contributed by atoms with Gasteiger partial charge in [0.2, 0.25) is 11.8 Å². The third kappa shape index (κ3) is 3.72. The molecule has 0 bridgehead atoms. The van der Waals surface area contributed by atoms with Crippen LogP contribution in [0, 0.1) is 20.8 Å². The summed E-state index contributed by atoms with van der Waals surface area (Å²) < 4.78 is 11.0. The first kappa shape index (κ1) is 16.4. The van der Waals surface area contributed by atoms with E-state index in [1.54, 1.807) is 0 Å². The molecule has 0 radical (unpaired) electrons. The van der Waals surface area contributed by atoms with Crippen LogP contribution in [0.3, 0.4) is 0 Å².